The van der Waals surface area contributed by atoms with E-state index in [1.165, 1.54) is 0 Å². The molecule has 3 saturated heterocycles. The zero-order valence-corrected chi connectivity index (χ0v) is 16.0. The van der Waals surface area contributed by atoms with Crippen molar-refractivity contribution in [3.05, 3.63) is 41.8 Å². The van der Waals surface area contributed by atoms with Crippen LogP contribution in [0.5, 0.6) is 0 Å². The number of aromatic nitrogens is 1. The maximum atomic E-state index is 12.6. The third-order valence-corrected chi connectivity index (χ3v) is 6.43. The van der Waals surface area contributed by atoms with Crippen molar-refractivity contribution in [1.29, 1.82) is 0 Å². The number of rotatable bonds is 4. The number of alkyl halides is 3. The number of hydrogen-bond acceptors (Lipinski definition) is 5. The molecule has 150 valence electrons. The number of nitrogens with one attached hydrogen (secondary N) is 1. The quantitative estimate of drug-likeness (QED) is 0.822. The average molecular weight is 411 g/mol. The summed E-state index contributed by atoms with van der Waals surface area (Å²) < 4.78 is 42.4. The normalized spacial score (nSPS) is 27.0. The first-order valence-corrected chi connectivity index (χ1v) is 9.99. The van der Waals surface area contributed by atoms with Gasteiger partial charge < -0.3 is 9.73 Å². The van der Waals surface area contributed by atoms with E-state index >= 15 is 0 Å². The highest BCUT2D eigenvalue weighted by Gasteiger charge is 2.40. The highest BCUT2D eigenvalue weighted by Crippen LogP contribution is 2.35. The first-order chi connectivity index (χ1) is 13.3. The van der Waals surface area contributed by atoms with Crippen LogP contribution >= 0.6 is 11.8 Å². The van der Waals surface area contributed by atoms with Crippen LogP contribution in [0.4, 0.5) is 13.2 Å². The molecule has 5 nitrogen and oxygen atoms in total. The van der Waals surface area contributed by atoms with E-state index in [4.69, 9.17) is 4.42 Å². The van der Waals surface area contributed by atoms with E-state index in [0.717, 1.165) is 37.7 Å². The van der Waals surface area contributed by atoms with Crippen LogP contribution in [0.2, 0.25) is 0 Å². The van der Waals surface area contributed by atoms with E-state index in [0.29, 0.717) is 28.6 Å². The third kappa shape index (κ3) is 3.91. The Hall–Kier alpha value is -2.00. The van der Waals surface area contributed by atoms with E-state index in [-0.39, 0.29) is 17.2 Å². The van der Waals surface area contributed by atoms with Gasteiger partial charge in [-0.1, -0.05) is 0 Å². The van der Waals surface area contributed by atoms with E-state index in [1.54, 1.807) is 24.3 Å². The molecule has 0 saturated carbocycles. The van der Waals surface area contributed by atoms with Crippen LogP contribution in [-0.2, 0) is 6.18 Å². The van der Waals surface area contributed by atoms with E-state index in [9.17, 15) is 18.0 Å². The maximum Gasteiger partial charge on any atom is 0.451 e. The largest absolute Gasteiger partial charge is 0.451 e. The highest BCUT2D eigenvalue weighted by molar-refractivity contribution is 7.99. The lowest BCUT2D eigenvalue weighted by atomic mass is 9.79. The van der Waals surface area contributed by atoms with Gasteiger partial charge >= 0.3 is 6.18 Å². The van der Waals surface area contributed by atoms with Crippen LogP contribution in [-0.4, -0.2) is 41.0 Å². The Morgan fingerprint density at radius 2 is 1.93 bits per heavy atom. The second-order valence-electron chi connectivity index (χ2n) is 7.23. The van der Waals surface area contributed by atoms with Gasteiger partial charge in [0.1, 0.15) is 0 Å². The Kier molecular flexibility index (Phi) is 5.13. The third-order valence-electron chi connectivity index (χ3n) is 5.56. The van der Waals surface area contributed by atoms with Crippen LogP contribution in [0, 0.1) is 5.92 Å². The zero-order valence-electron chi connectivity index (χ0n) is 15.2. The van der Waals surface area contributed by atoms with E-state index < -0.39 is 11.9 Å². The summed E-state index contributed by atoms with van der Waals surface area (Å²) in [6, 6.07) is 7.17. The van der Waals surface area contributed by atoms with Crippen molar-refractivity contribution in [3.8, 4) is 0 Å². The fourth-order valence-corrected chi connectivity index (χ4v) is 4.70. The Bertz CT molecular complexity index is 843. The molecular formula is C19H20F3N3O2S. The Morgan fingerprint density at radius 3 is 2.50 bits per heavy atom. The predicted octanol–water partition coefficient (Wildman–Crippen LogP) is 4.06. The van der Waals surface area contributed by atoms with Crippen LogP contribution in [0.1, 0.15) is 35.9 Å². The lowest BCUT2D eigenvalue weighted by Gasteiger charge is -2.49. The second-order valence-corrected chi connectivity index (χ2v) is 8.25. The Balaban J connectivity index is 1.39. The molecular weight excluding hydrogens is 391 g/mol. The highest BCUT2D eigenvalue weighted by atomic mass is 32.2. The number of hydrogen-bond donors (Lipinski definition) is 1. The first kappa shape index (κ1) is 19.3. The number of benzene rings is 1. The summed E-state index contributed by atoms with van der Waals surface area (Å²) >= 11 is 0.975. The minimum atomic E-state index is -4.56. The summed E-state index contributed by atoms with van der Waals surface area (Å²) in [5.41, 5.74) is 0.524. The van der Waals surface area contributed by atoms with Crippen LogP contribution in [0.15, 0.2) is 45.0 Å². The van der Waals surface area contributed by atoms with Crippen LogP contribution in [0.25, 0.3) is 0 Å². The molecule has 3 aliphatic rings. The van der Waals surface area contributed by atoms with Gasteiger partial charge in [0.05, 0.1) is 6.20 Å². The minimum absolute atomic E-state index is 0.0920. The van der Waals surface area contributed by atoms with Crippen molar-refractivity contribution in [2.24, 2.45) is 5.92 Å². The Morgan fingerprint density at radius 1 is 1.25 bits per heavy atom. The monoisotopic (exact) mass is 411 g/mol. The van der Waals surface area contributed by atoms with Crippen LogP contribution < -0.4 is 5.32 Å². The molecule has 0 radical (unpaired) electrons. The molecule has 0 aliphatic carbocycles. The van der Waals surface area contributed by atoms with Crippen molar-refractivity contribution in [3.63, 3.8) is 0 Å². The number of oxazole rings is 1. The molecule has 5 rings (SSSR count). The minimum Gasteiger partial charge on any atom is -0.427 e. The molecule has 9 heteroatoms. The molecule has 1 N–H and O–H groups in total. The molecule has 0 spiro atoms. The molecule has 1 amide bonds. The van der Waals surface area contributed by atoms with Gasteiger partial charge in [0.15, 0.2) is 0 Å². The Labute approximate surface area is 164 Å². The summed E-state index contributed by atoms with van der Waals surface area (Å²) in [5.74, 6) is -0.734. The van der Waals surface area contributed by atoms with Gasteiger partial charge in [-0.15, -0.1) is 0 Å². The molecule has 2 bridgehead atoms. The summed E-state index contributed by atoms with van der Waals surface area (Å²) in [4.78, 5) is 19.3. The van der Waals surface area contributed by atoms with Crippen molar-refractivity contribution in [2.75, 3.05) is 13.1 Å². The predicted molar refractivity (Wildman–Crippen MR) is 97.1 cm³/mol. The van der Waals surface area contributed by atoms with Gasteiger partial charge in [0.2, 0.25) is 5.76 Å². The van der Waals surface area contributed by atoms with Gasteiger partial charge in [-0.2, -0.15) is 13.2 Å². The van der Waals surface area contributed by atoms with Gasteiger partial charge in [0, 0.05) is 22.5 Å². The fraction of sp³-hybridized carbons (Fsp3) is 0.474. The van der Waals surface area contributed by atoms with Gasteiger partial charge in [-0.3, -0.25) is 9.69 Å². The summed E-state index contributed by atoms with van der Waals surface area (Å²) in [6.07, 6.45) is -1.67. The number of fused-ring (bicyclic) bond motifs is 3. The first-order valence-electron chi connectivity index (χ1n) is 9.17. The molecule has 1 aromatic carbocycles. The standard InChI is InChI=1S/C19H20F3N3O2S/c1-11-16(12-6-8-25(11)9-7-12)24-17(26)13-2-4-14(5-3-13)28-18-23-10-15(27-18)19(20,21)22/h2-5,10-12,16H,6-9H2,1H3,(H,24,26)/t11-,16+/m1/s1. The lowest BCUT2D eigenvalue weighted by Crippen LogP contribution is -2.62. The van der Waals surface area contributed by atoms with Crippen molar-refractivity contribution < 1.29 is 22.4 Å². The summed E-state index contributed by atoms with van der Waals surface area (Å²) in [6.45, 7) is 4.35. The van der Waals surface area contributed by atoms with E-state index in [1.807, 2.05) is 0 Å². The average Bonchev–Trinajstić information content (AvgIpc) is 3.14. The van der Waals surface area contributed by atoms with Crippen LogP contribution in [0.3, 0.4) is 0 Å². The van der Waals surface area contributed by atoms with E-state index in [2.05, 4.69) is 22.1 Å². The molecule has 2 aromatic rings. The fourth-order valence-electron chi connectivity index (χ4n) is 3.99. The number of carbonyl (C=O) groups is 1. The summed E-state index contributed by atoms with van der Waals surface area (Å²) in [5, 5.41) is 3.07. The number of piperidine rings is 3. The number of carbonyl (C=O) groups excluding carboxylic acids is 1. The molecule has 28 heavy (non-hydrogen) atoms. The molecule has 3 aliphatic heterocycles. The van der Waals surface area contributed by atoms with Gasteiger partial charge in [-0.05, 0) is 74.8 Å². The number of amides is 1. The molecule has 1 aromatic heterocycles. The molecule has 2 atom stereocenters. The molecule has 0 unspecified atom stereocenters. The van der Waals surface area contributed by atoms with Crippen molar-refractivity contribution in [1.82, 2.24) is 15.2 Å². The topological polar surface area (TPSA) is 58.4 Å². The van der Waals surface area contributed by atoms with Gasteiger partial charge in [-0.25, -0.2) is 4.98 Å². The zero-order chi connectivity index (χ0) is 19.9. The molecule has 3 fully saturated rings. The summed E-state index contributed by atoms with van der Waals surface area (Å²) in [7, 11) is 0. The van der Waals surface area contributed by atoms with Crippen molar-refractivity contribution >= 4 is 17.7 Å². The second kappa shape index (κ2) is 7.44. The molecule has 4 heterocycles. The number of nitrogens with zero attached hydrogens (tertiary/aromatic N) is 2. The maximum absolute atomic E-state index is 12.6. The number of halogens is 3. The lowest BCUT2D eigenvalue weighted by molar-refractivity contribution is -0.154. The van der Waals surface area contributed by atoms with Gasteiger partial charge in [0.25, 0.3) is 11.1 Å². The smallest absolute Gasteiger partial charge is 0.427 e. The SMILES string of the molecule is C[C@@H]1[C@H](NC(=O)c2ccc(Sc3ncc(C(F)(F)F)o3)cc2)C2CCN1CC2. The van der Waals surface area contributed by atoms with Crippen molar-refractivity contribution in [2.45, 2.75) is 48.1 Å².